The Bertz CT molecular complexity index is 600. The first kappa shape index (κ1) is 13.3. The molecular formula is C16H20N2O2. The van der Waals surface area contributed by atoms with Crippen molar-refractivity contribution in [2.45, 2.75) is 26.1 Å². The van der Waals surface area contributed by atoms with E-state index in [0.717, 1.165) is 48.4 Å². The predicted octanol–water partition coefficient (Wildman–Crippen LogP) is 2.34. The molecule has 20 heavy (non-hydrogen) atoms. The highest BCUT2D eigenvalue weighted by atomic mass is 16.5. The lowest BCUT2D eigenvalue weighted by molar-refractivity contribution is 0.0380. The van der Waals surface area contributed by atoms with Crippen molar-refractivity contribution >= 4 is 16.7 Å². The minimum absolute atomic E-state index is 0.0152. The zero-order valence-electron chi connectivity index (χ0n) is 11.7. The smallest absolute Gasteiger partial charge is 0.134 e. The van der Waals surface area contributed by atoms with Gasteiger partial charge < -0.3 is 14.7 Å². The summed E-state index contributed by atoms with van der Waals surface area (Å²) in [7, 11) is 0. The quantitative estimate of drug-likeness (QED) is 0.931. The first-order chi connectivity index (χ1) is 9.81. The number of pyridine rings is 1. The maximum atomic E-state index is 9.63. The number of morpholine rings is 1. The first-order valence-corrected chi connectivity index (χ1v) is 7.18. The molecule has 1 unspecified atom stereocenters. The summed E-state index contributed by atoms with van der Waals surface area (Å²) in [6, 6.07) is 10.1. The number of para-hydroxylation sites is 1. The Kier molecular flexibility index (Phi) is 3.85. The van der Waals surface area contributed by atoms with E-state index in [9.17, 15) is 5.11 Å². The van der Waals surface area contributed by atoms with Crippen LogP contribution in [-0.4, -0.2) is 35.9 Å². The molecular weight excluding hydrogens is 252 g/mol. The number of aromatic nitrogens is 1. The van der Waals surface area contributed by atoms with Crippen LogP contribution in [0.1, 0.15) is 18.9 Å². The second-order valence-corrected chi connectivity index (χ2v) is 5.17. The number of aliphatic hydroxyl groups is 1. The zero-order chi connectivity index (χ0) is 13.9. The fraction of sp³-hybridized carbons (Fsp3) is 0.438. The fourth-order valence-corrected chi connectivity index (χ4v) is 2.70. The molecule has 1 atom stereocenters. The third-order valence-corrected chi connectivity index (χ3v) is 3.84. The van der Waals surface area contributed by atoms with Crippen LogP contribution in [0.2, 0.25) is 0 Å². The number of hydrogen-bond acceptors (Lipinski definition) is 4. The minimum atomic E-state index is 0.0152. The molecule has 4 nitrogen and oxygen atoms in total. The van der Waals surface area contributed by atoms with Crippen molar-refractivity contribution in [2.75, 3.05) is 24.6 Å². The van der Waals surface area contributed by atoms with E-state index in [1.165, 1.54) is 0 Å². The van der Waals surface area contributed by atoms with Gasteiger partial charge in [0, 0.05) is 24.0 Å². The van der Waals surface area contributed by atoms with E-state index in [2.05, 4.69) is 11.8 Å². The van der Waals surface area contributed by atoms with E-state index in [4.69, 9.17) is 9.72 Å². The Morgan fingerprint density at radius 3 is 3.05 bits per heavy atom. The second-order valence-electron chi connectivity index (χ2n) is 5.17. The fourth-order valence-electron chi connectivity index (χ4n) is 2.70. The normalized spacial score (nSPS) is 19.5. The van der Waals surface area contributed by atoms with Gasteiger partial charge in [-0.1, -0.05) is 25.1 Å². The number of nitrogens with zero attached hydrogens (tertiary/aromatic N) is 2. The molecule has 1 fully saturated rings. The zero-order valence-corrected chi connectivity index (χ0v) is 11.7. The van der Waals surface area contributed by atoms with Gasteiger partial charge in [0.2, 0.25) is 0 Å². The lowest BCUT2D eigenvalue weighted by atomic mass is 10.1. The molecule has 1 aromatic heterocycles. The van der Waals surface area contributed by atoms with Gasteiger partial charge in [-0.25, -0.2) is 4.98 Å². The summed E-state index contributed by atoms with van der Waals surface area (Å²) in [5.74, 6) is 0.896. The molecule has 4 heteroatoms. The summed E-state index contributed by atoms with van der Waals surface area (Å²) in [6.45, 7) is 4.54. The van der Waals surface area contributed by atoms with Gasteiger partial charge in [0.25, 0.3) is 0 Å². The van der Waals surface area contributed by atoms with E-state index >= 15 is 0 Å². The van der Waals surface area contributed by atoms with Gasteiger partial charge >= 0.3 is 0 Å². The monoisotopic (exact) mass is 272 g/mol. The largest absolute Gasteiger partial charge is 0.392 e. The topological polar surface area (TPSA) is 45.6 Å². The average Bonchev–Trinajstić information content (AvgIpc) is 2.53. The Hall–Kier alpha value is -1.65. The first-order valence-electron chi connectivity index (χ1n) is 7.18. The van der Waals surface area contributed by atoms with Gasteiger partial charge in [-0.05, 0) is 18.6 Å². The molecule has 0 saturated carbocycles. The van der Waals surface area contributed by atoms with Gasteiger partial charge in [-0.3, -0.25) is 0 Å². The summed E-state index contributed by atoms with van der Waals surface area (Å²) in [6.07, 6.45) is 1.25. The van der Waals surface area contributed by atoms with Crippen molar-refractivity contribution < 1.29 is 9.84 Å². The standard InChI is InChI=1S/C16H20N2O2/c1-2-14-10-18(7-8-20-14)16-13(11-19)9-12-5-3-4-6-15(12)17-16/h3-6,9,14,19H,2,7-8,10-11H2,1H3. The molecule has 1 N–H and O–H groups in total. The van der Waals surface area contributed by atoms with Crippen molar-refractivity contribution in [3.05, 3.63) is 35.9 Å². The number of hydrogen-bond donors (Lipinski definition) is 1. The number of anilines is 1. The van der Waals surface area contributed by atoms with E-state index in [-0.39, 0.29) is 12.7 Å². The molecule has 2 heterocycles. The van der Waals surface area contributed by atoms with Crippen molar-refractivity contribution in [1.82, 2.24) is 4.98 Å². The molecule has 1 aliphatic heterocycles. The van der Waals surface area contributed by atoms with Gasteiger partial charge in [0.05, 0.1) is 24.8 Å². The van der Waals surface area contributed by atoms with Crippen LogP contribution < -0.4 is 4.90 Å². The Morgan fingerprint density at radius 2 is 2.25 bits per heavy atom. The van der Waals surface area contributed by atoms with Gasteiger partial charge in [-0.15, -0.1) is 0 Å². The van der Waals surface area contributed by atoms with Crippen LogP contribution in [-0.2, 0) is 11.3 Å². The maximum absolute atomic E-state index is 9.63. The third kappa shape index (κ3) is 2.49. The van der Waals surface area contributed by atoms with Crippen molar-refractivity contribution in [3.63, 3.8) is 0 Å². The number of aliphatic hydroxyl groups excluding tert-OH is 1. The summed E-state index contributed by atoms with van der Waals surface area (Å²) in [4.78, 5) is 6.98. The molecule has 2 aromatic rings. The van der Waals surface area contributed by atoms with Gasteiger partial charge in [-0.2, -0.15) is 0 Å². The number of rotatable bonds is 3. The summed E-state index contributed by atoms with van der Waals surface area (Å²) >= 11 is 0. The average molecular weight is 272 g/mol. The lowest BCUT2D eigenvalue weighted by Gasteiger charge is -2.34. The SMILES string of the molecule is CCC1CN(c2nc3ccccc3cc2CO)CCO1. The van der Waals surface area contributed by atoms with E-state index < -0.39 is 0 Å². The Labute approximate surface area is 119 Å². The molecule has 3 rings (SSSR count). The van der Waals surface area contributed by atoms with Crippen LogP contribution in [0.4, 0.5) is 5.82 Å². The van der Waals surface area contributed by atoms with E-state index in [1.54, 1.807) is 0 Å². The van der Waals surface area contributed by atoms with E-state index in [1.807, 2.05) is 30.3 Å². The molecule has 1 aliphatic rings. The van der Waals surface area contributed by atoms with Crippen molar-refractivity contribution in [2.24, 2.45) is 0 Å². The summed E-state index contributed by atoms with van der Waals surface area (Å²) in [5.41, 5.74) is 1.86. The number of benzene rings is 1. The molecule has 1 aromatic carbocycles. The highest BCUT2D eigenvalue weighted by molar-refractivity contribution is 5.81. The Morgan fingerprint density at radius 1 is 1.40 bits per heavy atom. The van der Waals surface area contributed by atoms with Gasteiger partial charge in [0.15, 0.2) is 0 Å². The van der Waals surface area contributed by atoms with Crippen LogP contribution in [0.3, 0.4) is 0 Å². The number of fused-ring (bicyclic) bond motifs is 1. The van der Waals surface area contributed by atoms with Crippen LogP contribution in [0, 0.1) is 0 Å². The molecule has 0 radical (unpaired) electrons. The lowest BCUT2D eigenvalue weighted by Crippen LogP contribution is -2.43. The summed E-state index contributed by atoms with van der Waals surface area (Å²) < 4.78 is 5.71. The van der Waals surface area contributed by atoms with Crippen LogP contribution in [0.5, 0.6) is 0 Å². The molecule has 0 bridgehead atoms. The van der Waals surface area contributed by atoms with Gasteiger partial charge in [0.1, 0.15) is 5.82 Å². The maximum Gasteiger partial charge on any atom is 0.134 e. The second kappa shape index (κ2) is 5.77. The van der Waals surface area contributed by atoms with Crippen LogP contribution in [0.15, 0.2) is 30.3 Å². The highest BCUT2D eigenvalue weighted by Crippen LogP contribution is 2.25. The minimum Gasteiger partial charge on any atom is -0.392 e. The highest BCUT2D eigenvalue weighted by Gasteiger charge is 2.22. The van der Waals surface area contributed by atoms with Crippen molar-refractivity contribution in [3.8, 4) is 0 Å². The molecule has 1 saturated heterocycles. The van der Waals surface area contributed by atoms with Crippen LogP contribution >= 0.6 is 0 Å². The molecule has 0 aliphatic carbocycles. The third-order valence-electron chi connectivity index (χ3n) is 3.84. The summed E-state index contributed by atoms with van der Waals surface area (Å²) in [5, 5.41) is 10.7. The van der Waals surface area contributed by atoms with Crippen LogP contribution in [0.25, 0.3) is 10.9 Å². The number of ether oxygens (including phenoxy) is 1. The predicted molar refractivity (Wildman–Crippen MR) is 79.9 cm³/mol. The Balaban J connectivity index is 2.00. The van der Waals surface area contributed by atoms with Crippen molar-refractivity contribution in [1.29, 1.82) is 0 Å². The van der Waals surface area contributed by atoms with E-state index in [0.29, 0.717) is 0 Å². The molecule has 0 spiro atoms. The molecule has 106 valence electrons. The molecule has 0 amide bonds.